The van der Waals surface area contributed by atoms with Gasteiger partial charge in [0.05, 0.1) is 17.3 Å². The maximum absolute atomic E-state index is 4.71. The Bertz CT molecular complexity index is 1250. The smallest absolute Gasteiger partial charge is 0.182 e. The third kappa shape index (κ3) is 2.40. The molecule has 0 unspecified atom stereocenters. The van der Waals surface area contributed by atoms with E-state index in [-0.39, 0.29) is 0 Å². The molecule has 3 aromatic heterocycles. The second-order valence-electron chi connectivity index (χ2n) is 6.09. The fraction of sp³-hybridized carbons (Fsp3) is 0.0526. The molecule has 0 aliphatic heterocycles. The van der Waals surface area contributed by atoms with Gasteiger partial charge in [0.2, 0.25) is 0 Å². The van der Waals surface area contributed by atoms with Gasteiger partial charge in [0, 0.05) is 10.0 Å². The largest absolute Gasteiger partial charge is 0.216 e. The van der Waals surface area contributed by atoms with Crippen molar-refractivity contribution < 1.29 is 0 Å². The zero-order valence-corrected chi connectivity index (χ0v) is 15.4. The Hall–Kier alpha value is -3.06. The second kappa shape index (κ2) is 5.74. The maximum Gasteiger partial charge on any atom is 0.182 e. The van der Waals surface area contributed by atoms with Gasteiger partial charge in [-0.25, -0.2) is 19.2 Å². The summed E-state index contributed by atoms with van der Waals surface area (Å²) in [6.45, 7) is 2.06. The lowest BCUT2D eigenvalue weighted by atomic mass is 10.2. The number of hydrogen-bond donors (Lipinski definition) is 0. The monoisotopic (exact) mass is 404 g/mol. The molecule has 3 heterocycles. The molecule has 0 radical (unpaired) electrons. The highest BCUT2D eigenvalue weighted by Crippen LogP contribution is 2.23. The van der Waals surface area contributed by atoms with Crippen LogP contribution in [-0.2, 0) is 0 Å². The first-order chi connectivity index (χ1) is 12.7. The van der Waals surface area contributed by atoms with Crippen LogP contribution in [0.2, 0.25) is 0 Å². The molecule has 0 bridgehead atoms. The van der Waals surface area contributed by atoms with E-state index in [0.29, 0.717) is 5.82 Å². The summed E-state index contributed by atoms with van der Waals surface area (Å²) in [5.41, 5.74) is 4.61. The van der Waals surface area contributed by atoms with Crippen molar-refractivity contribution in [1.29, 1.82) is 0 Å². The van der Waals surface area contributed by atoms with Crippen molar-refractivity contribution in [2.75, 3.05) is 0 Å². The van der Waals surface area contributed by atoms with Crippen molar-refractivity contribution in [3.05, 3.63) is 71.1 Å². The first-order valence-corrected chi connectivity index (χ1v) is 8.90. The Morgan fingerprint density at radius 3 is 2.65 bits per heavy atom. The van der Waals surface area contributed by atoms with Crippen LogP contribution in [0.3, 0.4) is 0 Å². The quantitative estimate of drug-likeness (QED) is 0.442. The summed E-state index contributed by atoms with van der Waals surface area (Å²) in [4.78, 5) is 9.26. The number of nitrogens with zero attached hydrogens (tertiary/aromatic N) is 6. The lowest BCUT2D eigenvalue weighted by Gasteiger charge is -2.03. The minimum atomic E-state index is 0.662. The second-order valence-corrected chi connectivity index (χ2v) is 7.00. The minimum absolute atomic E-state index is 0.662. The number of hydrogen-bond acceptors (Lipinski definition) is 4. The minimum Gasteiger partial charge on any atom is -0.216 e. The van der Waals surface area contributed by atoms with Crippen LogP contribution in [0.15, 0.2) is 65.5 Å². The number of aromatic nitrogens is 6. The van der Waals surface area contributed by atoms with Crippen molar-refractivity contribution in [3.8, 4) is 17.1 Å². The van der Waals surface area contributed by atoms with E-state index in [9.17, 15) is 0 Å². The third-order valence-corrected chi connectivity index (χ3v) is 4.78. The molecular formula is C19H13BrN6. The molecule has 5 rings (SSSR count). The van der Waals surface area contributed by atoms with E-state index < -0.39 is 0 Å². The lowest BCUT2D eigenvalue weighted by molar-refractivity contribution is 0.881. The first kappa shape index (κ1) is 15.2. The summed E-state index contributed by atoms with van der Waals surface area (Å²) < 4.78 is 4.55. The summed E-state index contributed by atoms with van der Waals surface area (Å²) in [6.07, 6.45) is 3.47. The Labute approximate surface area is 157 Å². The Kier molecular flexibility index (Phi) is 3.36. The number of aryl methyl sites for hydroxylation is 1. The van der Waals surface area contributed by atoms with Gasteiger partial charge in [-0.2, -0.15) is 5.10 Å². The molecule has 0 atom stereocenters. The SMILES string of the molecule is Cc1cccc(-n2ncc3c2ncn2nc(-c4ccc(Br)cc4)nc32)c1. The van der Waals surface area contributed by atoms with Gasteiger partial charge in [0.25, 0.3) is 0 Å². The van der Waals surface area contributed by atoms with Crippen molar-refractivity contribution in [3.63, 3.8) is 0 Å². The van der Waals surface area contributed by atoms with Gasteiger partial charge >= 0.3 is 0 Å². The third-order valence-electron chi connectivity index (χ3n) is 4.25. The van der Waals surface area contributed by atoms with Gasteiger partial charge in [-0.05, 0) is 36.8 Å². The van der Waals surface area contributed by atoms with E-state index in [1.54, 1.807) is 17.0 Å². The average molecular weight is 405 g/mol. The van der Waals surface area contributed by atoms with Gasteiger partial charge in [0.1, 0.15) is 6.33 Å². The van der Waals surface area contributed by atoms with Crippen molar-refractivity contribution in [2.24, 2.45) is 0 Å². The van der Waals surface area contributed by atoms with Crippen LogP contribution in [0.4, 0.5) is 0 Å². The molecule has 6 nitrogen and oxygen atoms in total. The standard InChI is InChI=1S/C19H13BrN6/c1-12-3-2-4-15(9-12)26-18-16(10-22-26)19-23-17(24-25(19)11-21-18)13-5-7-14(20)8-6-13/h2-11H,1H3. The van der Waals surface area contributed by atoms with Crippen LogP contribution in [0, 0.1) is 6.92 Å². The summed E-state index contributed by atoms with van der Waals surface area (Å²) in [7, 11) is 0. The first-order valence-electron chi connectivity index (χ1n) is 8.11. The molecule has 0 aliphatic carbocycles. The highest BCUT2D eigenvalue weighted by molar-refractivity contribution is 9.10. The Morgan fingerprint density at radius 2 is 1.85 bits per heavy atom. The summed E-state index contributed by atoms with van der Waals surface area (Å²) in [5.74, 6) is 0.662. The summed E-state index contributed by atoms with van der Waals surface area (Å²) in [6, 6.07) is 16.1. The molecule has 0 N–H and O–H groups in total. The molecule has 5 aromatic rings. The normalized spacial score (nSPS) is 11.5. The topological polar surface area (TPSA) is 60.9 Å². The fourth-order valence-corrected chi connectivity index (χ4v) is 3.26. The maximum atomic E-state index is 4.71. The molecule has 126 valence electrons. The van der Waals surface area contributed by atoms with E-state index in [1.807, 2.05) is 41.1 Å². The molecule has 0 saturated carbocycles. The Balaban J connectivity index is 1.70. The van der Waals surface area contributed by atoms with E-state index >= 15 is 0 Å². The number of benzene rings is 2. The molecule has 2 aromatic carbocycles. The summed E-state index contributed by atoms with van der Waals surface area (Å²) >= 11 is 3.45. The number of fused-ring (bicyclic) bond motifs is 3. The number of rotatable bonds is 2. The van der Waals surface area contributed by atoms with Gasteiger partial charge < -0.3 is 0 Å². The predicted octanol–water partition coefficient (Wildman–Crippen LogP) is 4.20. The molecular weight excluding hydrogens is 392 g/mol. The van der Waals surface area contributed by atoms with E-state index in [4.69, 9.17) is 4.98 Å². The molecule has 26 heavy (non-hydrogen) atoms. The van der Waals surface area contributed by atoms with Crippen LogP contribution >= 0.6 is 15.9 Å². The summed E-state index contributed by atoms with van der Waals surface area (Å²) in [5, 5.41) is 9.93. The zero-order chi connectivity index (χ0) is 17.7. The predicted molar refractivity (Wildman–Crippen MR) is 103 cm³/mol. The van der Waals surface area contributed by atoms with Gasteiger partial charge in [0.15, 0.2) is 17.1 Å². The molecule has 0 spiro atoms. The van der Waals surface area contributed by atoms with Crippen LogP contribution in [-0.4, -0.2) is 29.4 Å². The molecule has 0 amide bonds. The average Bonchev–Trinajstić information content (AvgIpc) is 3.26. The van der Waals surface area contributed by atoms with Crippen LogP contribution < -0.4 is 0 Å². The molecule has 0 saturated heterocycles. The highest BCUT2D eigenvalue weighted by Gasteiger charge is 2.14. The van der Waals surface area contributed by atoms with Crippen molar-refractivity contribution in [2.45, 2.75) is 6.92 Å². The van der Waals surface area contributed by atoms with E-state index in [0.717, 1.165) is 32.4 Å². The van der Waals surface area contributed by atoms with E-state index in [2.05, 4.69) is 50.2 Å². The molecule has 0 fully saturated rings. The van der Waals surface area contributed by atoms with Crippen molar-refractivity contribution in [1.82, 2.24) is 29.4 Å². The zero-order valence-electron chi connectivity index (χ0n) is 13.8. The molecule has 0 aliphatic rings. The Morgan fingerprint density at radius 1 is 1.00 bits per heavy atom. The van der Waals surface area contributed by atoms with Crippen molar-refractivity contribution >= 4 is 32.6 Å². The van der Waals surface area contributed by atoms with Gasteiger partial charge in [-0.3, -0.25) is 0 Å². The van der Waals surface area contributed by atoms with Gasteiger partial charge in [-0.15, -0.1) is 5.10 Å². The van der Waals surface area contributed by atoms with Crippen LogP contribution in [0.25, 0.3) is 33.8 Å². The fourth-order valence-electron chi connectivity index (χ4n) is 2.99. The van der Waals surface area contributed by atoms with Crippen LogP contribution in [0.1, 0.15) is 5.56 Å². The number of halogens is 1. The molecule has 7 heteroatoms. The highest BCUT2D eigenvalue weighted by atomic mass is 79.9. The van der Waals surface area contributed by atoms with Gasteiger partial charge in [-0.1, -0.05) is 40.2 Å². The van der Waals surface area contributed by atoms with E-state index in [1.165, 1.54) is 5.56 Å². The van der Waals surface area contributed by atoms with Crippen LogP contribution in [0.5, 0.6) is 0 Å². The lowest BCUT2D eigenvalue weighted by Crippen LogP contribution is -1.99.